The second-order valence-electron chi connectivity index (χ2n) is 6.26. The van der Waals surface area contributed by atoms with Crippen LogP contribution in [0.4, 0.5) is 0 Å². The largest absolute Gasteiger partial charge is 0.459 e. The Bertz CT molecular complexity index is 426. The van der Waals surface area contributed by atoms with E-state index < -0.39 is 23.9 Å². The summed E-state index contributed by atoms with van der Waals surface area (Å²) in [5.74, 6) is -0.204. The van der Waals surface area contributed by atoms with E-state index in [9.17, 15) is 15.0 Å². The van der Waals surface area contributed by atoms with Gasteiger partial charge in [-0.3, -0.25) is 4.79 Å². The lowest BCUT2D eigenvalue weighted by molar-refractivity contribution is -0.170. The van der Waals surface area contributed by atoms with Crippen molar-refractivity contribution in [2.45, 2.75) is 83.2 Å². The molecule has 4 atom stereocenters. The fourth-order valence-corrected chi connectivity index (χ4v) is 2.94. The molecule has 2 aliphatic rings. The highest BCUT2D eigenvalue weighted by molar-refractivity contribution is 6.01. The summed E-state index contributed by atoms with van der Waals surface area (Å²) in [7, 11) is 0. The SMILES string of the molecule is CCCCCCCC1OC2=C(C(=O)C(C)O2)C(O)C1(C)O. The first kappa shape index (κ1) is 16.3. The van der Waals surface area contributed by atoms with Crippen LogP contribution in [0.2, 0.25) is 0 Å². The Morgan fingerprint density at radius 3 is 2.52 bits per heavy atom. The minimum atomic E-state index is -1.47. The first-order valence-corrected chi connectivity index (χ1v) is 7.91. The van der Waals surface area contributed by atoms with Gasteiger partial charge in [0.25, 0.3) is 5.95 Å². The van der Waals surface area contributed by atoms with Crippen LogP contribution in [0.1, 0.15) is 59.3 Å². The van der Waals surface area contributed by atoms with E-state index in [0.29, 0.717) is 6.42 Å². The molecule has 0 aliphatic carbocycles. The van der Waals surface area contributed by atoms with Crippen molar-refractivity contribution in [2.75, 3.05) is 0 Å². The zero-order valence-electron chi connectivity index (χ0n) is 13.1. The van der Waals surface area contributed by atoms with Crippen LogP contribution in [0.25, 0.3) is 0 Å². The van der Waals surface area contributed by atoms with Crippen molar-refractivity contribution in [1.82, 2.24) is 0 Å². The van der Waals surface area contributed by atoms with Gasteiger partial charge in [0, 0.05) is 0 Å². The normalized spacial score (nSPS) is 35.5. The van der Waals surface area contributed by atoms with Gasteiger partial charge in [-0.15, -0.1) is 0 Å². The van der Waals surface area contributed by atoms with Gasteiger partial charge in [0.05, 0.1) is 0 Å². The molecule has 2 rings (SSSR count). The van der Waals surface area contributed by atoms with Crippen LogP contribution in [-0.2, 0) is 14.3 Å². The molecule has 2 N–H and O–H groups in total. The number of hydrogen-bond acceptors (Lipinski definition) is 5. The van der Waals surface area contributed by atoms with Gasteiger partial charge in [-0.05, 0) is 26.7 Å². The number of aliphatic hydroxyl groups excluding tert-OH is 1. The van der Waals surface area contributed by atoms with Crippen LogP contribution in [0, 0.1) is 0 Å². The third kappa shape index (κ3) is 3.09. The summed E-state index contributed by atoms with van der Waals surface area (Å²) in [6.07, 6.45) is 3.72. The van der Waals surface area contributed by atoms with E-state index in [1.54, 1.807) is 6.92 Å². The van der Waals surface area contributed by atoms with Crippen molar-refractivity contribution in [3.8, 4) is 0 Å². The van der Waals surface area contributed by atoms with Gasteiger partial charge in [0.15, 0.2) is 6.10 Å². The lowest BCUT2D eigenvalue weighted by Crippen LogP contribution is -2.55. The smallest absolute Gasteiger partial charge is 0.290 e. The molecule has 0 fully saturated rings. The number of carbonyl (C=O) groups is 1. The summed E-state index contributed by atoms with van der Waals surface area (Å²) in [4.78, 5) is 11.9. The van der Waals surface area contributed by atoms with Crippen molar-refractivity contribution >= 4 is 5.78 Å². The Morgan fingerprint density at radius 1 is 1.19 bits per heavy atom. The molecule has 21 heavy (non-hydrogen) atoms. The maximum atomic E-state index is 11.9. The molecule has 5 heteroatoms. The van der Waals surface area contributed by atoms with Gasteiger partial charge in [-0.2, -0.15) is 0 Å². The number of hydrogen-bond donors (Lipinski definition) is 2. The van der Waals surface area contributed by atoms with Gasteiger partial charge in [0.1, 0.15) is 23.4 Å². The Hall–Kier alpha value is -1.07. The quantitative estimate of drug-likeness (QED) is 0.734. The number of rotatable bonds is 6. The predicted molar refractivity (Wildman–Crippen MR) is 77.5 cm³/mol. The molecule has 0 saturated heterocycles. The summed E-state index contributed by atoms with van der Waals surface area (Å²) < 4.78 is 11.0. The molecule has 0 aromatic carbocycles. The van der Waals surface area contributed by atoms with Gasteiger partial charge < -0.3 is 19.7 Å². The molecule has 0 radical (unpaired) electrons. The molecule has 0 saturated carbocycles. The van der Waals surface area contributed by atoms with Crippen molar-refractivity contribution in [2.24, 2.45) is 0 Å². The maximum absolute atomic E-state index is 11.9. The second-order valence-corrected chi connectivity index (χ2v) is 6.26. The predicted octanol–water partition coefficient (Wildman–Crippen LogP) is 2.06. The lowest BCUT2D eigenvalue weighted by Gasteiger charge is -2.40. The van der Waals surface area contributed by atoms with E-state index in [2.05, 4.69) is 6.92 Å². The molecule has 0 aromatic rings. The molecule has 0 bridgehead atoms. The molecule has 0 amide bonds. The minimum Gasteiger partial charge on any atom is -0.459 e. The standard InChI is InChI=1S/C16H26O5/c1-4-5-6-7-8-9-11-16(3,19)14(18)12-13(17)10(2)20-15(12)21-11/h10-11,14,18-19H,4-9H2,1-3H3. The number of ketones is 1. The topological polar surface area (TPSA) is 76.0 Å². The Balaban J connectivity index is 2.01. The van der Waals surface area contributed by atoms with E-state index in [1.165, 1.54) is 19.8 Å². The Kier molecular flexibility index (Phi) is 4.94. The Morgan fingerprint density at radius 2 is 1.86 bits per heavy atom. The van der Waals surface area contributed by atoms with Gasteiger partial charge in [-0.1, -0.05) is 32.6 Å². The summed E-state index contributed by atoms with van der Waals surface area (Å²) >= 11 is 0. The van der Waals surface area contributed by atoms with Crippen molar-refractivity contribution < 1.29 is 24.5 Å². The summed E-state index contributed by atoms with van der Waals surface area (Å²) in [6, 6.07) is 0. The number of carbonyl (C=O) groups excluding carboxylic acids is 1. The van der Waals surface area contributed by atoms with Gasteiger partial charge in [0.2, 0.25) is 5.78 Å². The van der Waals surface area contributed by atoms with Gasteiger partial charge >= 0.3 is 0 Å². The van der Waals surface area contributed by atoms with Crippen LogP contribution in [0.15, 0.2) is 11.5 Å². The fraction of sp³-hybridized carbons (Fsp3) is 0.812. The van der Waals surface area contributed by atoms with Crippen LogP contribution in [0.3, 0.4) is 0 Å². The summed E-state index contributed by atoms with van der Waals surface area (Å²) in [5.41, 5.74) is -1.39. The number of Topliss-reactive ketones (excluding diaryl/α,β-unsaturated/α-hetero) is 1. The fourth-order valence-electron chi connectivity index (χ4n) is 2.94. The Labute approximate surface area is 125 Å². The van der Waals surface area contributed by atoms with Crippen molar-refractivity contribution in [3.63, 3.8) is 0 Å². The van der Waals surface area contributed by atoms with E-state index >= 15 is 0 Å². The van der Waals surface area contributed by atoms with Crippen LogP contribution in [-0.4, -0.2) is 39.9 Å². The number of ether oxygens (including phenoxy) is 2. The van der Waals surface area contributed by atoms with Crippen molar-refractivity contribution in [3.05, 3.63) is 11.5 Å². The maximum Gasteiger partial charge on any atom is 0.290 e. The molecular formula is C16H26O5. The summed E-state index contributed by atoms with van der Waals surface area (Å²) in [6.45, 7) is 5.30. The third-order valence-electron chi connectivity index (χ3n) is 4.44. The van der Waals surface area contributed by atoms with E-state index in [1.807, 2.05) is 0 Å². The number of unbranched alkanes of at least 4 members (excludes halogenated alkanes) is 4. The molecule has 0 spiro atoms. The lowest BCUT2D eigenvalue weighted by atomic mass is 9.82. The molecule has 2 aliphatic heterocycles. The van der Waals surface area contributed by atoms with E-state index in [-0.39, 0.29) is 17.3 Å². The molecule has 120 valence electrons. The van der Waals surface area contributed by atoms with Crippen LogP contribution >= 0.6 is 0 Å². The molecule has 2 heterocycles. The molecule has 4 unspecified atom stereocenters. The summed E-state index contributed by atoms with van der Waals surface area (Å²) in [5, 5.41) is 20.9. The zero-order chi connectivity index (χ0) is 15.6. The monoisotopic (exact) mass is 298 g/mol. The first-order chi connectivity index (χ1) is 9.89. The molecule has 0 aromatic heterocycles. The van der Waals surface area contributed by atoms with E-state index in [0.717, 1.165) is 19.3 Å². The van der Waals surface area contributed by atoms with Gasteiger partial charge in [-0.25, -0.2) is 0 Å². The molecular weight excluding hydrogens is 272 g/mol. The highest BCUT2D eigenvalue weighted by atomic mass is 16.7. The number of aliphatic hydroxyl groups is 2. The highest BCUT2D eigenvalue weighted by Crippen LogP contribution is 2.39. The van der Waals surface area contributed by atoms with Crippen LogP contribution in [0.5, 0.6) is 0 Å². The minimum absolute atomic E-state index is 0.0785. The van der Waals surface area contributed by atoms with E-state index in [4.69, 9.17) is 9.47 Å². The van der Waals surface area contributed by atoms with Crippen molar-refractivity contribution in [1.29, 1.82) is 0 Å². The zero-order valence-corrected chi connectivity index (χ0v) is 13.1. The first-order valence-electron chi connectivity index (χ1n) is 7.91. The average molecular weight is 298 g/mol. The van der Waals surface area contributed by atoms with Crippen LogP contribution < -0.4 is 0 Å². The highest BCUT2D eigenvalue weighted by Gasteiger charge is 2.53. The third-order valence-corrected chi connectivity index (χ3v) is 4.44. The average Bonchev–Trinajstić information content (AvgIpc) is 2.70. The molecule has 5 nitrogen and oxygen atoms in total. The second kappa shape index (κ2) is 6.36.